The van der Waals surface area contributed by atoms with Gasteiger partial charge in [-0.05, 0) is 89.8 Å². The summed E-state index contributed by atoms with van der Waals surface area (Å²) >= 11 is 1.77. The second kappa shape index (κ2) is 14.3. The van der Waals surface area contributed by atoms with Crippen LogP contribution < -0.4 is 0 Å². The molecule has 0 unspecified atom stereocenters. The third kappa shape index (κ3) is 5.85. The van der Waals surface area contributed by atoms with E-state index in [2.05, 4.69) is 184 Å². The van der Waals surface area contributed by atoms with Gasteiger partial charge in [-0.25, -0.2) is 0 Å². The van der Waals surface area contributed by atoms with Gasteiger partial charge in [0, 0.05) is 42.9 Å². The smallest absolute Gasteiger partial charge is 0.0729 e. The van der Waals surface area contributed by atoms with Crippen LogP contribution in [0.25, 0.3) is 80.8 Å². The molecule has 1 aliphatic carbocycles. The molecule has 3 heteroatoms. The van der Waals surface area contributed by atoms with Crippen LogP contribution in [0.2, 0.25) is 0 Å². The average Bonchev–Trinajstić information content (AvgIpc) is 3.80. The van der Waals surface area contributed by atoms with Gasteiger partial charge in [0.15, 0.2) is 0 Å². The summed E-state index contributed by atoms with van der Waals surface area (Å²) in [7, 11) is 0. The number of nitrogens with one attached hydrogen (secondary N) is 1. The number of aliphatic imine (C=N–C) groups is 1. The maximum absolute atomic E-state index is 9.56. The van der Waals surface area contributed by atoms with Gasteiger partial charge in [0.1, 0.15) is 0 Å². The Kier molecular flexibility index (Phi) is 8.54. The van der Waals surface area contributed by atoms with E-state index in [9.17, 15) is 5.41 Å². The highest BCUT2D eigenvalue weighted by Gasteiger charge is 2.38. The summed E-state index contributed by atoms with van der Waals surface area (Å²) in [6.45, 7) is 4.74. The summed E-state index contributed by atoms with van der Waals surface area (Å²) in [6, 6.07) is 67.2. The summed E-state index contributed by atoms with van der Waals surface area (Å²) in [5.74, 6) is 0. The Bertz CT molecular complexity index is 3400. The molecule has 9 aromatic carbocycles. The molecule has 1 N–H and O–H groups in total. The number of hydrogen-bond acceptors (Lipinski definition) is 3. The SMILES string of the molecule is CC1(C)c2cccc(-c3ccc(-c4ccc(/C(=C/C(=N)c5cccc6sc7ccccc7c56)N=Cc5ccccc5)c5ccccc45)cc3)c2-c2ccc3ccccc3c21. The van der Waals surface area contributed by atoms with E-state index < -0.39 is 0 Å². The molecule has 0 radical (unpaired) electrons. The Labute approximate surface area is 354 Å². The molecule has 0 saturated carbocycles. The van der Waals surface area contributed by atoms with Gasteiger partial charge in [-0.15, -0.1) is 11.3 Å². The molecule has 1 aliphatic rings. The van der Waals surface area contributed by atoms with E-state index in [0.717, 1.165) is 49.7 Å². The van der Waals surface area contributed by atoms with Crippen LogP contribution in [0.1, 0.15) is 41.7 Å². The topological polar surface area (TPSA) is 36.2 Å². The molecule has 0 saturated heterocycles. The van der Waals surface area contributed by atoms with E-state index >= 15 is 0 Å². The van der Waals surface area contributed by atoms with Crippen LogP contribution >= 0.6 is 11.3 Å². The number of benzene rings is 9. The van der Waals surface area contributed by atoms with E-state index in [1.54, 1.807) is 11.3 Å². The first-order chi connectivity index (χ1) is 29.4. The first kappa shape index (κ1) is 35.9. The van der Waals surface area contributed by atoms with Crippen molar-refractivity contribution < 1.29 is 0 Å². The summed E-state index contributed by atoms with van der Waals surface area (Å²) in [6.07, 6.45) is 3.85. The Morgan fingerprint density at radius 2 is 1.17 bits per heavy atom. The Morgan fingerprint density at radius 3 is 1.98 bits per heavy atom. The number of hydrogen-bond donors (Lipinski definition) is 1. The molecule has 1 aromatic heterocycles. The van der Waals surface area contributed by atoms with E-state index in [1.807, 2.05) is 30.5 Å². The predicted octanol–water partition coefficient (Wildman–Crippen LogP) is 15.5. The molecule has 0 bridgehead atoms. The first-order valence-corrected chi connectivity index (χ1v) is 21.3. The molecular weight excluding hydrogens is 745 g/mol. The summed E-state index contributed by atoms with van der Waals surface area (Å²) < 4.78 is 2.41. The Hall–Kier alpha value is -7.20. The second-order valence-electron chi connectivity index (χ2n) is 16.2. The molecule has 11 rings (SSSR count). The lowest BCUT2D eigenvalue weighted by atomic mass is 9.80. The number of rotatable bonds is 7. The monoisotopic (exact) mass is 784 g/mol. The van der Waals surface area contributed by atoms with E-state index in [1.165, 1.54) is 58.9 Å². The van der Waals surface area contributed by atoms with Crippen molar-refractivity contribution in [2.24, 2.45) is 4.99 Å². The van der Waals surface area contributed by atoms with Gasteiger partial charge in [-0.3, -0.25) is 4.99 Å². The molecular formula is C57H40N2S. The normalized spacial score (nSPS) is 13.4. The Balaban J connectivity index is 1.01. The number of allylic oxidation sites excluding steroid dienone is 1. The zero-order valence-electron chi connectivity index (χ0n) is 33.4. The fourth-order valence-corrected chi connectivity index (χ4v) is 10.7. The van der Waals surface area contributed by atoms with Crippen molar-refractivity contribution >= 4 is 70.7 Å². The molecule has 0 spiro atoms. The zero-order chi connectivity index (χ0) is 40.4. The summed E-state index contributed by atoms with van der Waals surface area (Å²) in [5, 5.41) is 16.7. The van der Waals surface area contributed by atoms with Crippen LogP contribution in [0.15, 0.2) is 199 Å². The lowest BCUT2D eigenvalue weighted by molar-refractivity contribution is 0.666. The van der Waals surface area contributed by atoms with Gasteiger partial charge in [-0.2, -0.15) is 0 Å². The van der Waals surface area contributed by atoms with Gasteiger partial charge < -0.3 is 5.41 Å². The molecule has 10 aromatic rings. The number of nitrogens with zero attached hydrogens (tertiary/aromatic N) is 1. The highest BCUT2D eigenvalue weighted by atomic mass is 32.1. The highest BCUT2D eigenvalue weighted by Crippen LogP contribution is 2.54. The van der Waals surface area contributed by atoms with Crippen LogP contribution in [-0.4, -0.2) is 11.9 Å². The lowest BCUT2D eigenvalue weighted by Gasteiger charge is -2.23. The third-order valence-corrected chi connectivity index (χ3v) is 13.5. The van der Waals surface area contributed by atoms with Gasteiger partial charge >= 0.3 is 0 Å². The van der Waals surface area contributed by atoms with Crippen molar-refractivity contribution in [2.75, 3.05) is 0 Å². The van der Waals surface area contributed by atoms with Crippen molar-refractivity contribution in [1.29, 1.82) is 5.41 Å². The molecule has 0 aliphatic heterocycles. The highest BCUT2D eigenvalue weighted by molar-refractivity contribution is 7.25. The van der Waals surface area contributed by atoms with Crippen LogP contribution in [0.3, 0.4) is 0 Å². The van der Waals surface area contributed by atoms with Crippen molar-refractivity contribution in [3.8, 4) is 33.4 Å². The molecule has 0 amide bonds. The quantitative estimate of drug-likeness (QED) is 0.156. The summed E-state index contributed by atoms with van der Waals surface area (Å²) in [5.41, 5.74) is 14.2. The summed E-state index contributed by atoms with van der Waals surface area (Å²) in [4.78, 5) is 5.13. The fraction of sp³-hybridized carbons (Fsp3) is 0.0526. The molecule has 0 atom stereocenters. The second-order valence-corrected chi connectivity index (χ2v) is 17.3. The maximum atomic E-state index is 9.56. The minimum absolute atomic E-state index is 0.106. The molecule has 284 valence electrons. The van der Waals surface area contributed by atoms with Crippen LogP contribution in [-0.2, 0) is 5.41 Å². The minimum Gasteiger partial charge on any atom is -0.300 e. The molecule has 1 heterocycles. The van der Waals surface area contributed by atoms with Crippen molar-refractivity contribution in [1.82, 2.24) is 0 Å². The minimum atomic E-state index is -0.106. The third-order valence-electron chi connectivity index (χ3n) is 12.4. The zero-order valence-corrected chi connectivity index (χ0v) is 34.2. The molecule has 0 fully saturated rings. The van der Waals surface area contributed by atoms with E-state index in [-0.39, 0.29) is 5.41 Å². The predicted molar refractivity (Wildman–Crippen MR) is 258 cm³/mol. The van der Waals surface area contributed by atoms with Crippen LogP contribution in [0.5, 0.6) is 0 Å². The van der Waals surface area contributed by atoms with Gasteiger partial charge in [0.2, 0.25) is 0 Å². The van der Waals surface area contributed by atoms with Crippen molar-refractivity contribution in [3.05, 3.63) is 222 Å². The van der Waals surface area contributed by atoms with Gasteiger partial charge in [-0.1, -0.05) is 190 Å². The van der Waals surface area contributed by atoms with Crippen molar-refractivity contribution in [3.63, 3.8) is 0 Å². The van der Waals surface area contributed by atoms with Crippen molar-refractivity contribution in [2.45, 2.75) is 19.3 Å². The Morgan fingerprint density at radius 1 is 0.517 bits per heavy atom. The van der Waals surface area contributed by atoms with Crippen LogP contribution in [0, 0.1) is 5.41 Å². The molecule has 2 nitrogen and oxygen atoms in total. The average molecular weight is 785 g/mol. The van der Waals surface area contributed by atoms with E-state index in [4.69, 9.17) is 4.99 Å². The maximum Gasteiger partial charge on any atom is 0.0729 e. The van der Waals surface area contributed by atoms with Gasteiger partial charge in [0.05, 0.1) is 11.4 Å². The first-order valence-electron chi connectivity index (χ1n) is 20.5. The standard InChI is InChI=1S/C57H40N2S/c1-57(2)49-23-12-21-41(54(49)48-31-30-37-16-6-7-17-42(37)56(48)57)39-28-26-38(27-29-39)40-32-33-45(44-19-9-8-18-43(40)44)51(59-35-36-14-4-3-5-15-36)34-50(58)46-22-13-25-53-55(46)47-20-10-11-24-52(47)60-53/h3-35,58H,1-2H3/b51-34-,58-50?,59-35?. The largest absolute Gasteiger partial charge is 0.300 e. The number of thiophene rings is 1. The molecule has 60 heavy (non-hydrogen) atoms. The number of fused-ring (bicyclic) bond motifs is 9. The van der Waals surface area contributed by atoms with Crippen LogP contribution in [0.4, 0.5) is 0 Å². The fourth-order valence-electron chi connectivity index (χ4n) is 9.58. The lowest BCUT2D eigenvalue weighted by Crippen LogP contribution is -2.15. The van der Waals surface area contributed by atoms with Gasteiger partial charge in [0.25, 0.3) is 0 Å². The van der Waals surface area contributed by atoms with E-state index in [0.29, 0.717) is 5.71 Å².